The third-order valence-electron chi connectivity index (χ3n) is 2.26. The number of halogens is 1. The molecular weight excluding hydrogens is 346 g/mol. The van der Waals surface area contributed by atoms with Gasteiger partial charge in [0.1, 0.15) is 11.6 Å². The maximum absolute atomic E-state index is 11.8. The van der Waals surface area contributed by atoms with Gasteiger partial charge in [-0.15, -0.1) is 11.3 Å². The molecule has 0 aliphatic heterocycles. The SMILES string of the molecule is COC(=O)[C@H](Cc1sccc1Br)NC(=O)OC(C)(C)C. The van der Waals surface area contributed by atoms with E-state index in [0.717, 1.165) is 9.35 Å². The summed E-state index contributed by atoms with van der Waals surface area (Å²) in [5.74, 6) is -0.504. The molecule has 0 saturated heterocycles. The maximum Gasteiger partial charge on any atom is 0.408 e. The number of rotatable bonds is 4. The highest BCUT2D eigenvalue weighted by molar-refractivity contribution is 9.10. The van der Waals surface area contributed by atoms with E-state index in [1.54, 1.807) is 20.8 Å². The molecule has 5 nitrogen and oxygen atoms in total. The Morgan fingerprint density at radius 3 is 2.55 bits per heavy atom. The van der Waals surface area contributed by atoms with Crippen molar-refractivity contribution in [1.82, 2.24) is 5.32 Å². The Morgan fingerprint density at radius 1 is 1.45 bits per heavy atom. The zero-order chi connectivity index (χ0) is 15.3. The Bertz CT molecular complexity index is 481. The first-order chi connectivity index (χ1) is 9.23. The Hall–Kier alpha value is -1.08. The van der Waals surface area contributed by atoms with Gasteiger partial charge < -0.3 is 14.8 Å². The van der Waals surface area contributed by atoms with Gasteiger partial charge in [0.05, 0.1) is 7.11 Å². The fraction of sp³-hybridized carbons (Fsp3) is 0.538. The van der Waals surface area contributed by atoms with E-state index >= 15 is 0 Å². The Balaban J connectivity index is 2.73. The molecular formula is C13H18BrNO4S. The average Bonchev–Trinajstić information content (AvgIpc) is 2.70. The Labute approximate surface area is 130 Å². The summed E-state index contributed by atoms with van der Waals surface area (Å²) in [5.41, 5.74) is -0.617. The van der Waals surface area contributed by atoms with Crippen molar-refractivity contribution in [2.24, 2.45) is 0 Å². The van der Waals surface area contributed by atoms with E-state index in [9.17, 15) is 9.59 Å². The largest absolute Gasteiger partial charge is 0.467 e. The molecule has 1 heterocycles. The molecule has 112 valence electrons. The first kappa shape index (κ1) is 17.0. The van der Waals surface area contributed by atoms with Crippen molar-refractivity contribution in [3.63, 3.8) is 0 Å². The monoisotopic (exact) mass is 363 g/mol. The van der Waals surface area contributed by atoms with Crippen LogP contribution in [-0.4, -0.2) is 30.8 Å². The average molecular weight is 364 g/mol. The van der Waals surface area contributed by atoms with Gasteiger partial charge in [-0.1, -0.05) is 0 Å². The topological polar surface area (TPSA) is 64.6 Å². The number of ether oxygens (including phenoxy) is 2. The van der Waals surface area contributed by atoms with E-state index in [0.29, 0.717) is 6.42 Å². The molecule has 1 amide bonds. The predicted molar refractivity (Wildman–Crippen MR) is 80.9 cm³/mol. The predicted octanol–water partition coefficient (Wildman–Crippen LogP) is 3.12. The number of thiophene rings is 1. The van der Waals surface area contributed by atoms with E-state index in [2.05, 4.69) is 21.2 Å². The third kappa shape index (κ3) is 5.50. The summed E-state index contributed by atoms with van der Waals surface area (Å²) in [7, 11) is 1.29. The van der Waals surface area contributed by atoms with Crippen LogP contribution in [0.25, 0.3) is 0 Å². The van der Waals surface area contributed by atoms with E-state index in [1.807, 2.05) is 11.4 Å². The van der Waals surface area contributed by atoms with Crippen molar-refractivity contribution in [2.75, 3.05) is 7.11 Å². The van der Waals surface area contributed by atoms with Gasteiger partial charge in [0.25, 0.3) is 0 Å². The number of hydrogen-bond acceptors (Lipinski definition) is 5. The van der Waals surface area contributed by atoms with Crippen LogP contribution in [0.2, 0.25) is 0 Å². The summed E-state index contributed by atoms with van der Waals surface area (Å²) in [6.45, 7) is 5.28. The second-order valence-electron chi connectivity index (χ2n) is 5.12. The lowest BCUT2D eigenvalue weighted by atomic mass is 10.2. The van der Waals surface area contributed by atoms with Crippen LogP contribution in [0, 0.1) is 0 Å². The van der Waals surface area contributed by atoms with Crippen molar-refractivity contribution in [1.29, 1.82) is 0 Å². The molecule has 0 saturated carbocycles. The number of alkyl carbamates (subject to hydrolysis) is 1. The molecule has 0 unspecified atom stereocenters. The molecule has 7 heteroatoms. The van der Waals surface area contributed by atoms with Crippen molar-refractivity contribution in [3.8, 4) is 0 Å². The standard InChI is InChI=1S/C13H18BrNO4S/c1-13(2,3)19-12(17)15-9(11(16)18-4)7-10-8(14)5-6-20-10/h5-6,9H,7H2,1-4H3,(H,15,17)/t9-/m0/s1. The molecule has 1 aromatic rings. The number of carbonyl (C=O) groups excluding carboxylic acids is 2. The van der Waals surface area contributed by atoms with Crippen molar-refractivity contribution in [2.45, 2.75) is 38.8 Å². The lowest BCUT2D eigenvalue weighted by molar-refractivity contribution is -0.143. The lowest BCUT2D eigenvalue weighted by Crippen LogP contribution is -2.45. The van der Waals surface area contributed by atoms with Crippen LogP contribution in [0.4, 0.5) is 4.79 Å². The fourth-order valence-electron chi connectivity index (χ4n) is 1.44. The summed E-state index contributed by atoms with van der Waals surface area (Å²) in [5, 5.41) is 4.44. The molecule has 0 radical (unpaired) electrons. The molecule has 1 rings (SSSR count). The van der Waals surface area contributed by atoms with E-state index in [4.69, 9.17) is 9.47 Å². The minimum atomic E-state index is -0.773. The molecule has 0 fully saturated rings. The summed E-state index contributed by atoms with van der Waals surface area (Å²) in [4.78, 5) is 24.5. The number of amides is 1. The van der Waals surface area contributed by atoms with E-state index in [1.165, 1.54) is 18.4 Å². The van der Waals surface area contributed by atoms with Gasteiger partial charge in [-0.25, -0.2) is 9.59 Å². The third-order valence-corrected chi connectivity index (χ3v) is 4.21. The minimum Gasteiger partial charge on any atom is -0.467 e. The highest BCUT2D eigenvalue weighted by Gasteiger charge is 2.26. The number of methoxy groups -OCH3 is 1. The van der Waals surface area contributed by atoms with Crippen LogP contribution in [0.5, 0.6) is 0 Å². The fourth-order valence-corrected chi connectivity index (χ4v) is 3.00. The van der Waals surface area contributed by atoms with E-state index < -0.39 is 23.7 Å². The lowest BCUT2D eigenvalue weighted by Gasteiger charge is -2.22. The van der Waals surface area contributed by atoms with Crippen molar-refractivity contribution >= 4 is 39.3 Å². The van der Waals surface area contributed by atoms with Crippen LogP contribution < -0.4 is 5.32 Å². The van der Waals surface area contributed by atoms with Crippen molar-refractivity contribution in [3.05, 3.63) is 20.8 Å². The van der Waals surface area contributed by atoms with E-state index in [-0.39, 0.29) is 0 Å². The van der Waals surface area contributed by atoms with Gasteiger partial charge in [-0.05, 0) is 48.1 Å². The molecule has 1 N–H and O–H groups in total. The number of esters is 1. The zero-order valence-corrected chi connectivity index (χ0v) is 14.3. The quantitative estimate of drug-likeness (QED) is 0.834. The second kappa shape index (κ2) is 7.08. The first-order valence-electron chi connectivity index (χ1n) is 6.02. The first-order valence-corrected chi connectivity index (χ1v) is 7.69. The summed E-state index contributed by atoms with van der Waals surface area (Å²) < 4.78 is 10.8. The van der Waals surface area contributed by atoms with Gasteiger partial charge in [-0.3, -0.25) is 0 Å². The van der Waals surface area contributed by atoms with Crippen molar-refractivity contribution < 1.29 is 19.1 Å². The summed E-state index contributed by atoms with van der Waals surface area (Å²) in [6.07, 6.45) is -0.287. The molecule has 0 aliphatic rings. The number of nitrogens with one attached hydrogen (secondary N) is 1. The van der Waals surface area contributed by atoms with Crippen LogP contribution >= 0.6 is 27.3 Å². The highest BCUT2D eigenvalue weighted by Crippen LogP contribution is 2.24. The summed E-state index contributed by atoms with van der Waals surface area (Å²) >= 11 is 4.89. The van der Waals surface area contributed by atoms with Gasteiger partial charge in [0.15, 0.2) is 0 Å². The molecule has 0 bridgehead atoms. The second-order valence-corrected chi connectivity index (χ2v) is 6.97. The van der Waals surface area contributed by atoms with Gasteiger partial charge >= 0.3 is 12.1 Å². The molecule has 0 spiro atoms. The van der Waals surface area contributed by atoms with Gasteiger partial charge in [-0.2, -0.15) is 0 Å². The van der Waals surface area contributed by atoms with Crippen LogP contribution in [0.1, 0.15) is 25.6 Å². The minimum absolute atomic E-state index is 0.351. The van der Waals surface area contributed by atoms with Gasteiger partial charge in [0, 0.05) is 15.8 Å². The summed E-state index contributed by atoms with van der Waals surface area (Å²) in [6, 6.07) is 1.12. The normalized spacial score (nSPS) is 12.7. The van der Waals surface area contributed by atoms with Crippen LogP contribution in [0.15, 0.2) is 15.9 Å². The molecule has 20 heavy (non-hydrogen) atoms. The molecule has 0 aliphatic carbocycles. The zero-order valence-electron chi connectivity index (χ0n) is 11.9. The molecule has 1 atom stereocenters. The smallest absolute Gasteiger partial charge is 0.408 e. The highest BCUT2D eigenvalue weighted by atomic mass is 79.9. The Kier molecular flexibility index (Phi) is 6.01. The maximum atomic E-state index is 11.8. The molecule has 1 aromatic heterocycles. The Morgan fingerprint density at radius 2 is 2.10 bits per heavy atom. The number of carbonyl (C=O) groups is 2. The molecule has 0 aromatic carbocycles. The van der Waals surface area contributed by atoms with Crippen LogP contribution in [0.3, 0.4) is 0 Å². The number of hydrogen-bond donors (Lipinski definition) is 1. The van der Waals surface area contributed by atoms with Crippen LogP contribution in [-0.2, 0) is 20.7 Å². The van der Waals surface area contributed by atoms with Gasteiger partial charge in [0.2, 0.25) is 0 Å².